The number of phenols is 1. The molecule has 0 amide bonds. The lowest BCUT2D eigenvalue weighted by atomic mass is 10.1. The maximum atomic E-state index is 10.1. The molecule has 1 N–H and O–H groups in total. The van der Waals surface area contributed by atoms with E-state index in [2.05, 4.69) is 19.8 Å². The van der Waals surface area contributed by atoms with Gasteiger partial charge in [-0.15, -0.1) is 0 Å². The third-order valence-electron chi connectivity index (χ3n) is 3.97. The van der Waals surface area contributed by atoms with Crippen LogP contribution in [0.3, 0.4) is 0 Å². The first kappa shape index (κ1) is 15.8. The average Bonchev–Trinajstić information content (AvgIpc) is 2.58. The molecule has 0 aliphatic carbocycles. The van der Waals surface area contributed by atoms with E-state index in [0.717, 1.165) is 31.7 Å². The van der Waals surface area contributed by atoms with Crippen LogP contribution in [0, 0.1) is 0 Å². The number of nitrogens with zero attached hydrogens (tertiary/aromatic N) is 4. The summed E-state index contributed by atoms with van der Waals surface area (Å²) in [6.07, 6.45) is 3.23. The van der Waals surface area contributed by atoms with E-state index in [1.807, 2.05) is 6.07 Å². The number of aromatic hydroxyl groups is 1. The third kappa shape index (κ3) is 3.65. The number of piperazine rings is 1. The van der Waals surface area contributed by atoms with Crippen molar-refractivity contribution in [3.05, 3.63) is 41.2 Å². The van der Waals surface area contributed by atoms with Crippen LogP contribution in [0.5, 0.6) is 11.5 Å². The van der Waals surface area contributed by atoms with E-state index < -0.39 is 0 Å². The summed E-state index contributed by atoms with van der Waals surface area (Å²) in [4.78, 5) is 12.9. The summed E-state index contributed by atoms with van der Waals surface area (Å²) in [5.41, 5.74) is 0.825. The lowest BCUT2D eigenvalue weighted by molar-refractivity contribution is 0.241. The third-order valence-corrected chi connectivity index (χ3v) is 4.17. The highest BCUT2D eigenvalue weighted by molar-refractivity contribution is 6.30. The predicted molar refractivity (Wildman–Crippen MR) is 89.2 cm³/mol. The Morgan fingerprint density at radius 2 is 1.87 bits per heavy atom. The van der Waals surface area contributed by atoms with Gasteiger partial charge in [-0.25, -0.2) is 9.97 Å². The molecule has 2 aromatic rings. The molecule has 7 heteroatoms. The summed E-state index contributed by atoms with van der Waals surface area (Å²) in [6, 6.07) is 5.34. The van der Waals surface area contributed by atoms with Gasteiger partial charge in [0.25, 0.3) is 0 Å². The molecular weight excluding hydrogens is 316 g/mol. The Labute approximate surface area is 140 Å². The Morgan fingerprint density at radius 3 is 2.52 bits per heavy atom. The van der Waals surface area contributed by atoms with Crippen LogP contribution in [0.1, 0.15) is 5.56 Å². The predicted octanol–water partition coefficient (Wildman–Crippen LogP) is 2.17. The molecular formula is C16H19ClN4O2. The average molecular weight is 335 g/mol. The molecule has 6 nitrogen and oxygen atoms in total. The fourth-order valence-corrected chi connectivity index (χ4v) is 2.80. The van der Waals surface area contributed by atoms with E-state index in [0.29, 0.717) is 23.3 Å². The Balaban J connectivity index is 1.62. The number of rotatable bonds is 4. The highest BCUT2D eigenvalue weighted by Gasteiger charge is 2.21. The van der Waals surface area contributed by atoms with Gasteiger partial charge in [-0.2, -0.15) is 0 Å². The van der Waals surface area contributed by atoms with Crippen molar-refractivity contribution in [2.45, 2.75) is 6.54 Å². The topological polar surface area (TPSA) is 61.7 Å². The van der Waals surface area contributed by atoms with Crippen molar-refractivity contribution in [3.8, 4) is 11.5 Å². The summed E-state index contributed by atoms with van der Waals surface area (Å²) < 4.78 is 5.34. The monoisotopic (exact) mass is 334 g/mol. The van der Waals surface area contributed by atoms with Crippen molar-refractivity contribution in [2.24, 2.45) is 0 Å². The van der Waals surface area contributed by atoms with Gasteiger partial charge in [-0.1, -0.05) is 17.7 Å². The number of methoxy groups -OCH3 is 1. The minimum absolute atomic E-state index is 0.271. The van der Waals surface area contributed by atoms with Gasteiger partial charge in [0.2, 0.25) is 5.95 Å². The molecule has 2 heterocycles. The van der Waals surface area contributed by atoms with Gasteiger partial charge in [0.05, 0.1) is 24.5 Å². The number of hydrogen-bond acceptors (Lipinski definition) is 6. The Morgan fingerprint density at radius 1 is 1.17 bits per heavy atom. The molecule has 0 radical (unpaired) electrons. The molecule has 0 saturated carbocycles. The smallest absolute Gasteiger partial charge is 0.225 e. The lowest BCUT2D eigenvalue weighted by Gasteiger charge is -2.34. The first-order chi connectivity index (χ1) is 11.2. The first-order valence-corrected chi connectivity index (χ1v) is 7.85. The van der Waals surface area contributed by atoms with Gasteiger partial charge < -0.3 is 14.7 Å². The molecule has 0 unspecified atom stereocenters. The van der Waals surface area contributed by atoms with Crippen molar-refractivity contribution in [1.29, 1.82) is 0 Å². The van der Waals surface area contributed by atoms with E-state index in [4.69, 9.17) is 16.3 Å². The minimum Gasteiger partial charge on any atom is -0.507 e. The number of hydrogen-bond donors (Lipinski definition) is 1. The highest BCUT2D eigenvalue weighted by Crippen LogP contribution is 2.29. The van der Waals surface area contributed by atoms with Gasteiger partial charge in [0, 0.05) is 38.3 Å². The molecule has 0 bridgehead atoms. The molecule has 1 saturated heterocycles. The molecule has 3 rings (SSSR count). The summed E-state index contributed by atoms with van der Waals surface area (Å²) in [7, 11) is 1.62. The molecule has 23 heavy (non-hydrogen) atoms. The van der Waals surface area contributed by atoms with E-state index in [1.165, 1.54) is 0 Å². The lowest BCUT2D eigenvalue weighted by Crippen LogP contribution is -2.46. The molecule has 1 aromatic carbocycles. The molecule has 1 aliphatic heterocycles. The minimum atomic E-state index is 0.271. The van der Waals surface area contributed by atoms with Gasteiger partial charge in [-0.3, -0.25) is 4.90 Å². The van der Waals surface area contributed by atoms with E-state index in [-0.39, 0.29) is 5.75 Å². The van der Waals surface area contributed by atoms with E-state index in [9.17, 15) is 5.11 Å². The molecule has 1 fully saturated rings. The number of halogens is 1. The van der Waals surface area contributed by atoms with Crippen molar-refractivity contribution in [2.75, 3.05) is 38.2 Å². The van der Waals surface area contributed by atoms with Crippen LogP contribution in [0.4, 0.5) is 5.95 Å². The van der Waals surface area contributed by atoms with Crippen LogP contribution in [0.2, 0.25) is 5.02 Å². The largest absolute Gasteiger partial charge is 0.507 e. The van der Waals surface area contributed by atoms with Crippen molar-refractivity contribution in [3.63, 3.8) is 0 Å². The van der Waals surface area contributed by atoms with E-state index >= 15 is 0 Å². The normalized spacial score (nSPS) is 15.7. The maximum Gasteiger partial charge on any atom is 0.225 e. The second kappa shape index (κ2) is 7.02. The van der Waals surface area contributed by atoms with Crippen LogP contribution in [-0.2, 0) is 6.54 Å². The summed E-state index contributed by atoms with van der Waals surface area (Å²) in [6.45, 7) is 4.05. The SMILES string of the molecule is COc1cccc(O)c1CN1CCN(c2ncc(Cl)cn2)CC1. The zero-order valence-electron chi connectivity index (χ0n) is 12.9. The van der Waals surface area contributed by atoms with Gasteiger partial charge in [0.15, 0.2) is 0 Å². The van der Waals surface area contributed by atoms with E-state index in [1.54, 1.807) is 31.6 Å². The number of phenolic OH excluding ortho intramolecular Hbond substituents is 1. The Hall–Kier alpha value is -2.05. The highest BCUT2D eigenvalue weighted by atomic mass is 35.5. The Bertz CT molecular complexity index is 658. The standard InChI is InChI=1S/C16H19ClN4O2/c1-23-15-4-2-3-14(22)13(15)11-20-5-7-21(8-6-20)16-18-9-12(17)10-19-16/h2-4,9-10,22H,5-8,11H2,1H3. The second-order valence-electron chi connectivity index (χ2n) is 5.42. The maximum absolute atomic E-state index is 10.1. The zero-order chi connectivity index (χ0) is 16.2. The Kier molecular flexibility index (Phi) is 4.83. The van der Waals surface area contributed by atoms with Crippen LogP contribution >= 0.6 is 11.6 Å². The number of anilines is 1. The van der Waals surface area contributed by atoms with Gasteiger partial charge >= 0.3 is 0 Å². The molecule has 122 valence electrons. The van der Waals surface area contributed by atoms with Crippen LogP contribution in [0.25, 0.3) is 0 Å². The second-order valence-corrected chi connectivity index (χ2v) is 5.86. The van der Waals surface area contributed by atoms with Gasteiger partial charge in [0.1, 0.15) is 11.5 Å². The van der Waals surface area contributed by atoms with Crippen LogP contribution in [0.15, 0.2) is 30.6 Å². The molecule has 0 atom stereocenters. The van der Waals surface area contributed by atoms with Crippen molar-refractivity contribution < 1.29 is 9.84 Å². The molecule has 0 spiro atoms. The summed E-state index contributed by atoms with van der Waals surface area (Å²) >= 11 is 5.82. The first-order valence-electron chi connectivity index (χ1n) is 7.47. The number of aromatic nitrogens is 2. The van der Waals surface area contributed by atoms with Crippen molar-refractivity contribution >= 4 is 17.5 Å². The molecule has 1 aromatic heterocycles. The zero-order valence-corrected chi connectivity index (χ0v) is 13.7. The van der Waals surface area contributed by atoms with Crippen LogP contribution < -0.4 is 9.64 Å². The summed E-state index contributed by atoms with van der Waals surface area (Å²) in [5.74, 6) is 1.69. The summed E-state index contributed by atoms with van der Waals surface area (Å²) in [5, 5.41) is 10.6. The molecule has 1 aliphatic rings. The van der Waals surface area contributed by atoms with Crippen LogP contribution in [-0.4, -0.2) is 53.3 Å². The fraction of sp³-hybridized carbons (Fsp3) is 0.375. The fourth-order valence-electron chi connectivity index (χ4n) is 2.70. The van der Waals surface area contributed by atoms with Crippen molar-refractivity contribution in [1.82, 2.24) is 14.9 Å². The number of ether oxygens (including phenoxy) is 1. The van der Waals surface area contributed by atoms with Gasteiger partial charge in [-0.05, 0) is 12.1 Å². The quantitative estimate of drug-likeness (QED) is 0.924. The number of benzene rings is 1.